The van der Waals surface area contributed by atoms with E-state index in [1.54, 1.807) is 24.3 Å². The molecule has 6 nitrogen and oxygen atoms in total. The number of nitrogens with one attached hydrogen (secondary N) is 1. The number of rotatable bonds is 7. The molecule has 0 aliphatic rings. The maximum Gasteiger partial charge on any atom is 0.223 e. The molecule has 1 amide bonds. The van der Waals surface area contributed by atoms with Gasteiger partial charge in [-0.25, -0.2) is 0 Å². The van der Waals surface area contributed by atoms with Crippen molar-refractivity contribution in [1.82, 2.24) is 5.32 Å². The molecule has 5 N–H and O–H groups in total. The lowest BCUT2D eigenvalue weighted by atomic mass is 10.3. The summed E-state index contributed by atoms with van der Waals surface area (Å²) in [6.07, 6.45) is 0.154. The predicted octanol–water partition coefficient (Wildman–Crippen LogP) is -0.493. The Morgan fingerprint density at radius 1 is 1.28 bits per heavy atom. The molecule has 0 heterocycles. The molecule has 0 aliphatic heterocycles. The zero-order valence-corrected chi connectivity index (χ0v) is 10.0. The van der Waals surface area contributed by atoms with Crippen molar-refractivity contribution in [2.45, 2.75) is 12.5 Å². The first-order chi connectivity index (χ1) is 8.65. The zero-order chi connectivity index (χ0) is 13.4. The van der Waals surface area contributed by atoms with E-state index in [0.29, 0.717) is 11.4 Å². The zero-order valence-electron chi connectivity index (χ0n) is 10.0. The minimum Gasteiger partial charge on any atom is -0.493 e. The van der Waals surface area contributed by atoms with Crippen LogP contribution in [0.3, 0.4) is 0 Å². The highest BCUT2D eigenvalue weighted by molar-refractivity contribution is 5.76. The Morgan fingerprint density at radius 2 is 1.89 bits per heavy atom. The van der Waals surface area contributed by atoms with Gasteiger partial charge in [-0.05, 0) is 24.3 Å². The van der Waals surface area contributed by atoms with Gasteiger partial charge in [0, 0.05) is 5.69 Å². The molecule has 1 rings (SSSR count). The fourth-order valence-electron chi connectivity index (χ4n) is 1.27. The average molecular weight is 254 g/mol. The molecule has 0 fully saturated rings. The van der Waals surface area contributed by atoms with Gasteiger partial charge in [0.05, 0.1) is 32.3 Å². The molecule has 0 aromatic heterocycles. The Labute approximate surface area is 105 Å². The van der Waals surface area contributed by atoms with Crippen LogP contribution in [0.2, 0.25) is 0 Å². The van der Waals surface area contributed by atoms with Gasteiger partial charge in [0.15, 0.2) is 0 Å². The summed E-state index contributed by atoms with van der Waals surface area (Å²) >= 11 is 0. The standard InChI is InChI=1S/C12H18N2O4/c13-9-1-3-11(4-2-9)18-6-5-12(17)14-10(7-15)8-16/h1-4,10,15-16H,5-8,13H2,(H,14,17). The molecule has 0 atom stereocenters. The highest BCUT2D eigenvalue weighted by atomic mass is 16.5. The van der Waals surface area contributed by atoms with Crippen molar-refractivity contribution >= 4 is 11.6 Å². The Morgan fingerprint density at radius 3 is 2.44 bits per heavy atom. The molecular weight excluding hydrogens is 236 g/mol. The van der Waals surface area contributed by atoms with Crippen molar-refractivity contribution in [3.8, 4) is 5.75 Å². The van der Waals surface area contributed by atoms with Gasteiger partial charge in [0.2, 0.25) is 5.91 Å². The quantitative estimate of drug-likeness (QED) is 0.491. The number of hydrogen-bond acceptors (Lipinski definition) is 5. The number of nitrogen functional groups attached to an aromatic ring is 1. The van der Waals surface area contributed by atoms with Crippen molar-refractivity contribution in [1.29, 1.82) is 0 Å². The molecule has 0 bridgehead atoms. The number of aliphatic hydroxyl groups excluding tert-OH is 2. The van der Waals surface area contributed by atoms with Crippen molar-refractivity contribution in [2.75, 3.05) is 25.6 Å². The second kappa shape index (κ2) is 7.52. The van der Waals surface area contributed by atoms with Gasteiger partial charge >= 0.3 is 0 Å². The van der Waals surface area contributed by atoms with Crippen molar-refractivity contribution in [2.24, 2.45) is 0 Å². The van der Waals surface area contributed by atoms with Crippen LogP contribution in [0.4, 0.5) is 5.69 Å². The summed E-state index contributed by atoms with van der Waals surface area (Å²) in [4.78, 5) is 11.4. The fourth-order valence-corrected chi connectivity index (χ4v) is 1.27. The molecule has 1 aromatic rings. The van der Waals surface area contributed by atoms with Crippen molar-refractivity contribution < 1.29 is 19.7 Å². The van der Waals surface area contributed by atoms with Gasteiger partial charge in [-0.1, -0.05) is 0 Å². The number of benzene rings is 1. The minimum atomic E-state index is -0.617. The first-order valence-electron chi connectivity index (χ1n) is 5.65. The van der Waals surface area contributed by atoms with Crippen LogP contribution in [-0.4, -0.2) is 42.0 Å². The molecule has 0 spiro atoms. The molecule has 0 aliphatic carbocycles. The van der Waals surface area contributed by atoms with Crippen LogP contribution in [0, 0.1) is 0 Å². The molecule has 0 radical (unpaired) electrons. The van der Waals surface area contributed by atoms with Crippen LogP contribution in [0.25, 0.3) is 0 Å². The summed E-state index contributed by atoms with van der Waals surface area (Å²) in [5.41, 5.74) is 6.17. The summed E-state index contributed by atoms with van der Waals surface area (Å²) in [5.74, 6) is 0.358. The van der Waals surface area contributed by atoms with E-state index >= 15 is 0 Å². The van der Waals surface area contributed by atoms with Gasteiger partial charge in [-0.15, -0.1) is 0 Å². The number of ether oxygens (including phenoxy) is 1. The van der Waals surface area contributed by atoms with Crippen LogP contribution in [0.1, 0.15) is 6.42 Å². The molecule has 0 unspecified atom stereocenters. The number of anilines is 1. The van der Waals surface area contributed by atoms with E-state index in [0.717, 1.165) is 0 Å². The number of carbonyl (C=O) groups is 1. The summed E-state index contributed by atoms with van der Waals surface area (Å²) < 4.78 is 5.34. The average Bonchev–Trinajstić information content (AvgIpc) is 2.38. The Bertz CT molecular complexity index is 363. The van der Waals surface area contributed by atoms with Crippen molar-refractivity contribution in [3.63, 3.8) is 0 Å². The van der Waals surface area contributed by atoms with E-state index in [4.69, 9.17) is 20.7 Å². The van der Waals surface area contributed by atoms with Gasteiger partial charge in [0.1, 0.15) is 5.75 Å². The summed E-state index contributed by atoms with van der Waals surface area (Å²) in [7, 11) is 0. The summed E-state index contributed by atoms with van der Waals surface area (Å²) in [5, 5.41) is 20.0. The number of amides is 1. The second-order valence-electron chi connectivity index (χ2n) is 3.80. The molecule has 18 heavy (non-hydrogen) atoms. The summed E-state index contributed by atoms with van der Waals surface area (Å²) in [6.45, 7) is -0.360. The topological polar surface area (TPSA) is 105 Å². The van der Waals surface area contributed by atoms with Crippen LogP contribution in [0.5, 0.6) is 5.75 Å². The van der Waals surface area contributed by atoms with E-state index < -0.39 is 6.04 Å². The summed E-state index contributed by atoms with van der Waals surface area (Å²) in [6, 6.07) is 6.25. The number of carbonyl (C=O) groups excluding carboxylic acids is 1. The van der Waals surface area contributed by atoms with Gasteiger partial charge in [-0.2, -0.15) is 0 Å². The molecule has 100 valence electrons. The van der Waals surface area contributed by atoms with E-state index in [-0.39, 0.29) is 32.1 Å². The van der Waals surface area contributed by atoms with Crippen LogP contribution >= 0.6 is 0 Å². The van der Waals surface area contributed by atoms with Gasteiger partial charge in [-0.3, -0.25) is 4.79 Å². The van der Waals surface area contributed by atoms with Crippen LogP contribution in [-0.2, 0) is 4.79 Å². The largest absolute Gasteiger partial charge is 0.493 e. The first-order valence-corrected chi connectivity index (χ1v) is 5.65. The SMILES string of the molecule is Nc1ccc(OCCC(=O)NC(CO)CO)cc1. The lowest BCUT2D eigenvalue weighted by Gasteiger charge is -2.13. The Balaban J connectivity index is 2.25. The van der Waals surface area contributed by atoms with E-state index in [1.807, 2.05) is 0 Å². The third-order valence-corrected chi connectivity index (χ3v) is 2.28. The van der Waals surface area contributed by atoms with E-state index in [2.05, 4.69) is 5.32 Å². The van der Waals surface area contributed by atoms with Crippen molar-refractivity contribution in [3.05, 3.63) is 24.3 Å². The van der Waals surface area contributed by atoms with Gasteiger partial charge in [0.25, 0.3) is 0 Å². The Kier molecular flexibility index (Phi) is 5.96. The lowest BCUT2D eigenvalue weighted by molar-refractivity contribution is -0.122. The maximum atomic E-state index is 11.4. The smallest absolute Gasteiger partial charge is 0.223 e. The number of nitrogens with two attached hydrogens (primary N) is 1. The molecule has 0 saturated carbocycles. The number of aliphatic hydroxyl groups is 2. The van der Waals surface area contributed by atoms with Crippen LogP contribution < -0.4 is 15.8 Å². The Hall–Kier alpha value is -1.79. The molecule has 6 heteroatoms. The monoisotopic (exact) mass is 254 g/mol. The normalized spacial score (nSPS) is 10.4. The molecule has 0 saturated heterocycles. The second-order valence-corrected chi connectivity index (χ2v) is 3.80. The third-order valence-electron chi connectivity index (χ3n) is 2.28. The van der Waals surface area contributed by atoms with E-state index in [1.165, 1.54) is 0 Å². The van der Waals surface area contributed by atoms with Crippen LogP contribution in [0.15, 0.2) is 24.3 Å². The molecular formula is C12H18N2O4. The minimum absolute atomic E-state index is 0.154. The fraction of sp³-hybridized carbons (Fsp3) is 0.417. The third kappa shape index (κ3) is 5.03. The molecule has 1 aromatic carbocycles. The predicted molar refractivity (Wildman–Crippen MR) is 67.1 cm³/mol. The lowest BCUT2D eigenvalue weighted by Crippen LogP contribution is -2.40. The van der Waals surface area contributed by atoms with Gasteiger partial charge < -0.3 is 26.0 Å². The highest BCUT2D eigenvalue weighted by Gasteiger charge is 2.09. The number of hydrogen-bond donors (Lipinski definition) is 4. The van der Waals surface area contributed by atoms with E-state index in [9.17, 15) is 4.79 Å². The maximum absolute atomic E-state index is 11.4. The highest BCUT2D eigenvalue weighted by Crippen LogP contribution is 2.12. The first kappa shape index (κ1) is 14.3.